The van der Waals surface area contributed by atoms with Crippen molar-refractivity contribution in [2.75, 3.05) is 19.5 Å². The molecule has 0 bridgehead atoms. The lowest BCUT2D eigenvalue weighted by molar-refractivity contribution is 0.102. The zero-order valence-electron chi connectivity index (χ0n) is 11.7. The first-order chi connectivity index (χ1) is 10.2. The second kappa shape index (κ2) is 6.44. The van der Waals surface area contributed by atoms with E-state index in [1.165, 1.54) is 13.2 Å². The van der Waals surface area contributed by atoms with Crippen molar-refractivity contribution in [2.45, 2.75) is 0 Å². The molecule has 0 aliphatic heterocycles. The fourth-order valence-electron chi connectivity index (χ4n) is 1.84. The molecule has 106 valence electrons. The van der Waals surface area contributed by atoms with Crippen LogP contribution in [-0.4, -0.2) is 20.1 Å². The third kappa shape index (κ3) is 3.31. The number of nitrogens with zero attached hydrogens (tertiary/aromatic N) is 1. The minimum Gasteiger partial charge on any atom is -0.497 e. The SMILES string of the molecule is COc1ccc(OC)c(NC(=O)c2cccc(C#N)c2)c1. The van der Waals surface area contributed by atoms with E-state index in [1.807, 2.05) is 6.07 Å². The molecular formula is C16H14N2O3. The number of carbonyl (C=O) groups excluding carboxylic acids is 1. The summed E-state index contributed by atoms with van der Waals surface area (Å²) in [5.41, 5.74) is 1.34. The van der Waals surface area contributed by atoms with Crippen molar-refractivity contribution >= 4 is 11.6 Å². The Morgan fingerprint density at radius 3 is 2.62 bits per heavy atom. The predicted octanol–water partition coefficient (Wildman–Crippen LogP) is 2.83. The van der Waals surface area contributed by atoms with Crippen molar-refractivity contribution in [2.24, 2.45) is 0 Å². The molecule has 1 N–H and O–H groups in total. The number of rotatable bonds is 4. The van der Waals surface area contributed by atoms with Crippen LogP contribution in [0.3, 0.4) is 0 Å². The summed E-state index contributed by atoms with van der Waals surface area (Å²) in [5, 5.41) is 11.6. The van der Waals surface area contributed by atoms with Crippen molar-refractivity contribution < 1.29 is 14.3 Å². The Morgan fingerprint density at radius 2 is 1.95 bits per heavy atom. The number of amides is 1. The first-order valence-electron chi connectivity index (χ1n) is 6.21. The molecule has 0 atom stereocenters. The highest BCUT2D eigenvalue weighted by molar-refractivity contribution is 6.05. The first kappa shape index (κ1) is 14.4. The number of methoxy groups -OCH3 is 2. The van der Waals surface area contributed by atoms with Gasteiger partial charge in [-0.05, 0) is 30.3 Å². The minimum absolute atomic E-state index is 0.321. The number of benzene rings is 2. The van der Waals surface area contributed by atoms with E-state index >= 15 is 0 Å². The molecule has 0 saturated heterocycles. The highest BCUT2D eigenvalue weighted by Gasteiger charge is 2.11. The Balaban J connectivity index is 2.28. The minimum atomic E-state index is -0.321. The van der Waals surface area contributed by atoms with Crippen LogP contribution in [0.15, 0.2) is 42.5 Å². The molecule has 21 heavy (non-hydrogen) atoms. The first-order valence-corrected chi connectivity index (χ1v) is 6.21. The van der Waals surface area contributed by atoms with E-state index in [1.54, 1.807) is 43.5 Å². The molecule has 0 spiro atoms. The smallest absolute Gasteiger partial charge is 0.255 e. The molecule has 5 heteroatoms. The number of anilines is 1. The molecule has 2 aromatic carbocycles. The molecule has 0 aliphatic carbocycles. The number of ether oxygens (including phenoxy) is 2. The van der Waals surface area contributed by atoms with Gasteiger partial charge in [0.1, 0.15) is 11.5 Å². The third-order valence-corrected chi connectivity index (χ3v) is 2.91. The van der Waals surface area contributed by atoms with Crippen molar-refractivity contribution in [1.82, 2.24) is 0 Å². The van der Waals surface area contributed by atoms with Crippen molar-refractivity contribution in [3.8, 4) is 17.6 Å². The average Bonchev–Trinajstić information content (AvgIpc) is 2.54. The number of hydrogen-bond donors (Lipinski definition) is 1. The largest absolute Gasteiger partial charge is 0.497 e. The zero-order valence-corrected chi connectivity index (χ0v) is 11.7. The number of carbonyl (C=O) groups is 1. The molecule has 1 amide bonds. The van der Waals surface area contributed by atoms with Gasteiger partial charge in [0.05, 0.1) is 31.5 Å². The quantitative estimate of drug-likeness (QED) is 0.936. The lowest BCUT2D eigenvalue weighted by Gasteiger charge is -2.11. The van der Waals surface area contributed by atoms with Gasteiger partial charge >= 0.3 is 0 Å². The Kier molecular flexibility index (Phi) is 4.42. The zero-order chi connectivity index (χ0) is 15.2. The monoisotopic (exact) mass is 282 g/mol. The lowest BCUT2D eigenvalue weighted by Crippen LogP contribution is -2.12. The average molecular weight is 282 g/mol. The maximum absolute atomic E-state index is 12.2. The van der Waals surface area contributed by atoms with E-state index in [9.17, 15) is 4.79 Å². The van der Waals surface area contributed by atoms with E-state index in [0.29, 0.717) is 28.3 Å². The van der Waals surface area contributed by atoms with E-state index in [2.05, 4.69) is 5.32 Å². The molecule has 5 nitrogen and oxygen atoms in total. The van der Waals surface area contributed by atoms with Gasteiger partial charge in [0.25, 0.3) is 5.91 Å². The molecule has 2 aromatic rings. The topological polar surface area (TPSA) is 71.3 Å². The van der Waals surface area contributed by atoms with Crippen molar-refractivity contribution in [3.63, 3.8) is 0 Å². The van der Waals surface area contributed by atoms with Gasteiger partial charge in [0, 0.05) is 11.6 Å². The maximum Gasteiger partial charge on any atom is 0.255 e. The molecule has 0 saturated carbocycles. The summed E-state index contributed by atoms with van der Waals surface area (Å²) < 4.78 is 10.3. The third-order valence-electron chi connectivity index (χ3n) is 2.91. The summed E-state index contributed by atoms with van der Waals surface area (Å²) in [6, 6.07) is 13.6. The van der Waals surface area contributed by atoms with E-state index in [-0.39, 0.29) is 5.91 Å². The van der Waals surface area contributed by atoms with E-state index < -0.39 is 0 Å². The molecule has 2 rings (SSSR count). The summed E-state index contributed by atoms with van der Waals surface area (Å²) in [4.78, 5) is 12.2. The van der Waals surface area contributed by atoms with Crippen LogP contribution in [-0.2, 0) is 0 Å². The molecular weight excluding hydrogens is 268 g/mol. The van der Waals surface area contributed by atoms with Crippen LogP contribution in [0.2, 0.25) is 0 Å². The summed E-state index contributed by atoms with van der Waals surface area (Å²) in [6.07, 6.45) is 0. The van der Waals surface area contributed by atoms with E-state index in [0.717, 1.165) is 0 Å². The van der Waals surface area contributed by atoms with Crippen LogP contribution in [0, 0.1) is 11.3 Å². The predicted molar refractivity (Wildman–Crippen MR) is 78.7 cm³/mol. The molecule has 0 aliphatic rings. The Hall–Kier alpha value is -3.00. The number of hydrogen-bond acceptors (Lipinski definition) is 4. The highest BCUT2D eigenvalue weighted by atomic mass is 16.5. The lowest BCUT2D eigenvalue weighted by atomic mass is 10.1. The summed E-state index contributed by atoms with van der Waals surface area (Å²) >= 11 is 0. The fraction of sp³-hybridized carbons (Fsp3) is 0.125. The number of nitriles is 1. The van der Waals surface area contributed by atoms with Gasteiger partial charge in [-0.2, -0.15) is 5.26 Å². The Bertz CT molecular complexity index is 705. The standard InChI is InChI=1S/C16H14N2O3/c1-20-13-6-7-15(21-2)14(9-13)18-16(19)12-5-3-4-11(8-12)10-17/h3-9H,1-2H3,(H,18,19). The van der Waals surface area contributed by atoms with Gasteiger partial charge in [-0.25, -0.2) is 0 Å². The van der Waals surface area contributed by atoms with Crippen LogP contribution >= 0.6 is 0 Å². The maximum atomic E-state index is 12.2. The van der Waals surface area contributed by atoms with Crippen LogP contribution in [0.25, 0.3) is 0 Å². The summed E-state index contributed by atoms with van der Waals surface area (Å²) in [7, 11) is 3.07. The number of nitrogens with one attached hydrogen (secondary N) is 1. The fourth-order valence-corrected chi connectivity index (χ4v) is 1.84. The molecule has 0 radical (unpaired) electrons. The molecule has 0 fully saturated rings. The molecule has 0 unspecified atom stereocenters. The summed E-state index contributed by atoms with van der Waals surface area (Å²) in [6.45, 7) is 0. The Morgan fingerprint density at radius 1 is 1.14 bits per heavy atom. The van der Waals surface area contributed by atoms with Gasteiger partial charge in [-0.3, -0.25) is 4.79 Å². The van der Waals surface area contributed by atoms with Crippen molar-refractivity contribution in [3.05, 3.63) is 53.6 Å². The van der Waals surface area contributed by atoms with Gasteiger partial charge in [0.2, 0.25) is 0 Å². The van der Waals surface area contributed by atoms with E-state index in [4.69, 9.17) is 14.7 Å². The van der Waals surface area contributed by atoms with Crippen LogP contribution in [0.5, 0.6) is 11.5 Å². The van der Waals surface area contributed by atoms with Crippen LogP contribution in [0.4, 0.5) is 5.69 Å². The van der Waals surface area contributed by atoms with Gasteiger partial charge < -0.3 is 14.8 Å². The second-order valence-electron chi connectivity index (χ2n) is 4.21. The van der Waals surface area contributed by atoms with Gasteiger partial charge in [-0.1, -0.05) is 6.07 Å². The van der Waals surface area contributed by atoms with Crippen LogP contribution in [0.1, 0.15) is 15.9 Å². The summed E-state index contributed by atoms with van der Waals surface area (Å²) in [5.74, 6) is 0.816. The van der Waals surface area contributed by atoms with Gasteiger partial charge in [0.15, 0.2) is 0 Å². The Labute approximate surface area is 122 Å². The normalized spacial score (nSPS) is 9.57. The second-order valence-corrected chi connectivity index (χ2v) is 4.21. The van der Waals surface area contributed by atoms with Crippen LogP contribution < -0.4 is 14.8 Å². The van der Waals surface area contributed by atoms with Gasteiger partial charge in [-0.15, -0.1) is 0 Å². The van der Waals surface area contributed by atoms with Crippen molar-refractivity contribution in [1.29, 1.82) is 5.26 Å². The highest BCUT2D eigenvalue weighted by Crippen LogP contribution is 2.29. The molecule has 0 aromatic heterocycles. The molecule has 0 heterocycles.